The van der Waals surface area contributed by atoms with E-state index < -0.39 is 44.9 Å². The number of aromatic nitrogens is 1. The van der Waals surface area contributed by atoms with Crippen molar-refractivity contribution < 1.29 is 42.8 Å². The lowest BCUT2D eigenvalue weighted by Gasteiger charge is -2.57. The Morgan fingerprint density at radius 1 is 1.18 bits per heavy atom. The smallest absolute Gasteiger partial charge is 0.292 e. The highest BCUT2D eigenvalue weighted by Gasteiger charge is 2.51. The van der Waals surface area contributed by atoms with E-state index in [4.69, 9.17) is 19.5 Å². The molecule has 1 saturated heterocycles. The molecule has 0 radical (unpaired) electrons. The molecule has 5 atom stereocenters. The summed E-state index contributed by atoms with van der Waals surface area (Å²) >= 11 is 0. The summed E-state index contributed by atoms with van der Waals surface area (Å²) in [7, 11) is -4.60. The van der Waals surface area contributed by atoms with Crippen molar-refractivity contribution in [1.29, 1.82) is 0 Å². The van der Waals surface area contributed by atoms with Crippen LogP contribution in [0.15, 0.2) is 24.5 Å². The fourth-order valence-electron chi connectivity index (χ4n) is 7.08. The second-order valence-corrected chi connectivity index (χ2v) is 12.1. The van der Waals surface area contributed by atoms with E-state index >= 15 is 0 Å². The number of phosphoric acid groups is 1. The van der Waals surface area contributed by atoms with Gasteiger partial charge in [-0.15, -0.1) is 0 Å². The summed E-state index contributed by atoms with van der Waals surface area (Å²) in [6.45, 7) is -0.412. The second kappa shape index (κ2) is 9.24. The van der Waals surface area contributed by atoms with Gasteiger partial charge in [0.25, 0.3) is 20.0 Å². The molecule has 6 rings (SSSR count). The van der Waals surface area contributed by atoms with Gasteiger partial charge in [0.2, 0.25) is 0 Å². The van der Waals surface area contributed by atoms with Gasteiger partial charge in [-0.05, 0) is 74.2 Å². The summed E-state index contributed by atoms with van der Waals surface area (Å²) in [5.41, 5.74) is 5.68. The maximum atomic E-state index is 12.4. The summed E-state index contributed by atoms with van der Waals surface area (Å²) in [5.74, 6) is 1.69. The number of primary amides is 1. The number of phosphoric ester groups is 1. The first-order chi connectivity index (χ1) is 16.1. The van der Waals surface area contributed by atoms with E-state index in [-0.39, 0.29) is 17.6 Å². The Hall–Kier alpha value is -1.39. The average molecular weight is 496 g/mol. The average Bonchev–Trinajstić information content (AvgIpc) is 3.05. The highest BCUT2D eigenvalue weighted by molar-refractivity contribution is 7.45. The first-order valence-corrected chi connectivity index (χ1v) is 13.5. The summed E-state index contributed by atoms with van der Waals surface area (Å²) in [4.78, 5) is 23.8. The number of nitrogens with two attached hydrogens (primary N) is 1. The van der Waals surface area contributed by atoms with Gasteiger partial charge in [-0.2, -0.15) is 4.57 Å². The molecule has 1 amide bonds. The first kappa shape index (κ1) is 24.3. The van der Waals surface area contributed by atoms with Crippen LogP contribution in [0.4, 0.5) is 0 Å². The fraction of sp³-hybridized carbons (Fsp3) is 0.739. The summed E-state index contributed by atoms with van der Waals surface area (Å²) in [5, 5.41) is 20.7. The third kappa shape index (κ3) is 4.95. The van der Waals surface area contributed by atoms with Crippen molar-refractivity contribution in [2.75, 3.05) is 13.2 Å². The Morgan fingerprint density at radius 2 is 1.82 bits per heavy atom. The van der Waals surface area contributed by atoms with Gasteiger partial charge in [-0.1, -0.05) is 0 Å². The van der Waals surface area contributed by atoms with Gasteiger partial charge in [-0.3, -0.25) is 9.36 Å². The van der Waals surface area contributed by atoms with E-state index in [0.717, 1.165) is 17.8 Å². The van der Waals surface area contributed by atoms with E-state index in [0.29, 0.717) is 6.42 Å². The van der Waals surface area contributed by atoms with Crippen LogP contribution >= 0.6 is 7.82 Å². The van der Waals surface area contributed by atoms with Crippen molar-refractivity contribution in [2.24, 2.45) is 28.9 Å². The fourth-order valence-corrected chi connectivity index (χ4v) is 7.80. The van der Waals surface area contributed by atoms with E-state index in [9.17, 15) is 24.5 Å². The standard InChI is InChI=1S/C23H33N2O8P/c24-21(28)17-2-1-4-25(12-17)22-20(27)19(26)18(33-22)13-32-34(29,30)31-5-3-23-9-14-6-15(10-23)8-16(7-14)11-23/h1-2,4,12,14-16,18-20,22,26-27H,3,5-11,13H2,(H2-,24,28,29,30)/t14?,15?,16?,18-,19-,20-,22-,23?/m1/s1. The van der Waals surface area contributed by atoms with Crippen LogP contribution in [0.2, 0.25) is 0 Å². The molecule has 1 unspecified atom stereocenters. The Labute approximate surface area is 198 Å². The molecular weight excluding hydrogens is 463 g/mol. The number of nitrogens with zero attached hydrogens (tertiary/aromatic N) is 1. The number of carbonyl (C=O) groups excluding carboxylic acids is 1. The molecule has 5 aliphatic rings. The number of hydrogen-bond acceptors (Lipinski definition) is 8. The molecule has 1 aromatic heterocycles. The molecule has 34 heavy (non-hydrogen) atoms. The Kier molecular flexibility index (Phi) is 6.61. The van der Waals surface area contributed by atoms with Gasteiger partial charge in [0.05, 0.1) is 13.2 Å². The predicted molar refractivity (Wildman–Crippen MR) is 116 cm³/mol. The van der Waals surface area contributed by atoms with Crippen LogP contribution in [-0.2, 0) is 18.3 Å². The van der Waals surface area contributed by atoms with Crippen molar-refractivity contribution in [3.8, 4) is 0 Å². The number of pyridine rings is 1. The van der Waals surface area contributed by atoms with Crippen LogP contribution in [-0.4, -0.2) is 47.6 Å². The zero-order chi connectivity index (χ0) is 24.1. The van der Waals surface area contributed by atoms with Crippen molar-refractivity contribution in [3.63, 3.8) is 0 Å². The van der Waals surface area contributed by atoms with Crippen LogP contribution in [0.1, 0.15) is 61.5 Å². The summed E-state index contributed by atoms with van der Waals surface area (Å²) in [6.07, 6.45) is 6.24. The second-order valence-electron chi connectivity index (χ2n) is 10.7. The minimum Gasteiger partial charge on any atom is -0.756 e. The SMILES string of the molecule is NC(=O)c1ccc[n+]([C@@H]2O[C@H](COP(=O)([O-])OCCC34CC5CC(CC(C5)C3)C4)[C@@H](O)[C@H]2O)c1. The molecule has 188 valence electrons. The molecule has 2 heterocycles. The molecule has 0 spiro atoms. The number of carbonyl (C=O) groups is 1. The molecule has 4 aliphatic carbocycles. The van der Waals surface area contributed by atoms with Crippen LogP contribution in [0.3, 0.4) is 0 Å². The molecule has 10 nitrogen and oxygen atoms in total. The minimum absolute atomic E-state index is 0.0853. The quantitative estimate of drug-likeness (QED) is 0.335. The number of aliphatic hydroxyl groups excluding tert-OH is 2. The van der Waals surface area contributed by atoms with Gasteiger partial charge in [0.15, 0.2) is 18.5 Å². The van der Waals surface area contributed by atoms with Gasteiger partial charge >= 0.3 is 0 Å². The van der Waals surface area contributed by atoms with Gasteiger partial charge in [-0.25, -0.2) is 0 Å². The molecule has 4 bridgehead atoms. The Balaban J connectivity index is 1.13. The molecule has 1 aliphatic heterocycles. The normalized spacial score (nSPS) is 40.4. The van der Waals surface area contributed by atoms with Crippen molar-refractivity contribution in [1.82, 2.24) is 0 Å². The molecule has 5 fully saturated rings. The van der Waals surface area contributed by atoms with Crippen molar-refractivity contribution in [2.45, 2.75) is 69.5 Å². The maximum Gasteiger partial charge on any atom is 0.292 e. The number of rotatable bonds is 9. The number of aliphatic hydroxyl groups is 2. The monoisotopic (exact) mass is 496 g/mol. The molecular formula is C23H33N2O8P. The first-order valence-electron chi connectivity index (χ1n) is 12.1. The number of hydrogen-bond donors (Lipinski definition) is 3. The lowest BCUT2D eigenvalue weighted by atomic mass is 9.49. The van der Waals surface area contributed by atoms with Crippen LogP contribution in [0.5, 0.6) is 0 Å². The maximum absolute atomic E-state index is 12.4. The lowest BCUT2D eigenvalue weighted by molar-refractivity contribution is -0.765. The van der Waals surface area contributed by atoms with Crippen LogP contribution in [0, 0.1) is 23.2 Å². The van der Waals surface area contributed by atoms with Crippen LogP contribution in [0.25, 0.3) is 0 Å². The lowest BCUT2D eigenvalue weighted by Crippen LogP contribution is -2.46. The topological polar surface area (TPSA) is 155 Å². The molecule has 0 aromatic carbocycles. The third-order valence-corrected chi connectivity index (χ3v) is 9.15. The third-order valence-electron chi connectivity index (χ3n) is 8.18. The summed E-state index contributed by atoms with van der Waals surface area (Å²) < 4.78 is 29.6. The van der Waals surface area contributed by atoms with Gasteiger partial charge in [0, 0.05) is 6.07 Å². The highest BCUT2D eigenvalue weighted by atomic mass is 31.2. The van der Waals surface area contributed by atoms with Gasteiger partial charge < -0.3 is 34.6 Å². The molecule has 1 aromatic rings. The van der Waals surface area contributed by atoms with E-state index in [1.54, 1.807) is 12.3 Å². The zero-order valence-corrected chi connectivity index (χ0v) is 19.9. The van der Waals surface area contributed by atoms with Crippen LogP contribution < -0.4 is 15.2 Å². The van der Waals surface area contributed by atoms with Crippen molar-refractivity contribution >= 4 is 13.7 Å². The largest absolute Gasteiger partial charge is 0.756 e. The Bertz CT molecular complexity index is 939. The van der Waals surface area contributed by atoms with E-state index in [1.807, 2.05) is 0 Å². The molecule has 4 saturated carbocycles. The predicted octanol–water partition coefficient (Wildman–Crippen LogP) is 0.800. The summed E-state index contributed by atoms with van der Waals surface area (Å²) in [6, 6.07) is 3.06. The van der Waals surface area contributed by atoms with E-state index in [2.05, 4.69) is 0 Å². The highest BCUT2D eigenvalue weighted by Crippen LogP contribution is 2.61. The molecule has 4 N–H and O–H groups in total. The Morgan fingerprint density at radius 3 is 2.44 bits per heavy atom. The number of ether oxygens (including phenoxy) is 1. The minimum atomic E-state index is -4.60. The van der Waals surface area contributed by atoms with Gasteiger partial charge in [0.1, 0.15) is 17.8 Å². The van der Waals surface area contributed by atoms with Crippen molar-refractivity contribution in [3.05, 3.63) is 30.1 Å². The number of amides is 1. The molecule has 11 heteroatoms. The zero-order valence-electron chi connectivity index (χ0n) is 19.0. The van der Waals surface area contributed by atoms with E-state index in [1.165, 1.54) is 55.4 Å².